The van der Waals surface area contributed by atoms with Crippen LogP contribution in [0, 0.1) is 0 Å². The molecule has 1 saturated heterocycles. The van der Waals surface area contributed by atoms with E-state index in [0.717, 1.165) is 25.7 Å². The fourth-order valence-electron chi connectivity index (χ4n) is 5.02. The SMILES string of the molecule is CCOC(=O)N1CCN(C(=O)[C@H](CC(=O)OC(C)(C)C)NC(=O)c2cc(OC3CCCC3)nc(-c3ccccc3)n2)CC1. The number of hydrogen-bond acceptors (Lipinski definition) is 9. The quantitative estimate of drug-likeness (QED) is 0.431. The van der Waals surface area contributed by atoms with E-state index in [1.54, 1.807) is 27.7 Å². The molecule has 0 bridgehead atoms. The van der Waals surface area contributed by atoms with Crippen LogP contribution in [0.2, 0.25) is 0 Å². The Bertz CT molecular complexity index is 1280. The van der Waals surface area contributed by atoms with Crippen LogP contribution in [-0.4, -0.2) is 94.2 Å². The van der Waals surface area contributed by atoms with Crippen molar-refractivity contribution in [2.24, 2.45) is 0 Å². The third-order valence-corrected chi connectivity index (χ3v) is 7.07. The van der Waals surface area contributed by atoms with Crippen molar-refractivity contribution in [1.29, 1.82) is 0 Å². The molecule has 1 aromatic heterocycles. The molecule has 2 aliphatic rings. The lowest BCUT2D eigenvalue weighted by atomic mass is 10.1. The van der Waals surface area contributed by atoms with Crippen molar-refractivity contribution in [2.45, 2.75) is 77.5 Å². The Hall–Kier alpha value is -4.22. The molecule has 0 spiro atoms. The highest BCUT2D eigenvalue weighted by molar-refractivity contribution is 5.98. The van der Waals surface area contributed by atoms with Gasteiger partial charge < -0.3 is 29.3 Å². The summed E-state index contributed by atoms with van der Waals surface area (Å²) in [5, 5.41) is 2.72. The molecular weight excluding hydrogens is 554 g/mol. The molecule has 12 nitrogen and oxygen atoms in total. The topological polar surface area (TPSA) is 140 Å². The summed E-state index contributed by atoms with van der Waals surface area (Å²) in [5.41, 5.74) is -0.0609. The molecule has 1 N–H and O–H groups in total. The van der Waals surface area contributed by atoms with Gasteiger partial charge in [-0.3, -0.25) is 14.4 Å². The number of amides is 3. The van der Waals surface area contributed by atoms with Crippen LogP contribution in [0.3, 0.4) is 0 Å². The van der Waals surface area contributed by atoms with E-state index in [1.807, 2.05) is 30.3 Å². The number of ether oxygens (including phenoxy) is 3. The van der Waals surface area contributed by atoms with Gasteiger partial charge in [0.2, 0.25) is 11.8 Å². The lowest BCUT2D eigenvalue weighted by Gasteiger charge is -2.36. The van der Waals surface area contributed by atoms with E-state index in [9.17, 15) is 19.2 Å². The standard InChI is InChI=1S/C31H41N5O7/c1-5-41-30(40)36-17-15-35(16-18-36)29(39)24(20-26(37)43-31(2,3)4)33-28(38)23-19-25(42-22-13-9-10-14-22)34-27(32-23)21-11-7-6-8-12-21/h6-8,11-12,19,22,24H,5,9-10,13-18,20H2,1-4H3,(H,33,38)/t24-/m0/s1. The van der Waals surface area contributed by atoms with Gasteiger partial charge in [-0.25, -0.2) is 9.78 Å². The van der Waals surface area contributed by atoms with Crippen LogP contribution in [0.1, 0.15) is 70.3 Å². The molecule has 1 saturated carbocycles. The molecule has 2 aromatic rings. The van der Waals surface area contributed by atoms with Crippen molar-refractivity contribution >= 4 is 23.9 Å². The zero-order chi connectivity index (χ0) is 31.0. The molecular formula is C31H41N5O7. The predicted octanol–water partition coefficient (Wildman–Crippen LogP) is 3.60. The van der Waals surface area contributed by atoms with Gasteiger partial charge in [0.1, 0.15) is 23.4 Å². The molecule has 1 aliphatic heterocycles. The first kappa shape index (κ1) is 31.7. The minimum Gasteiger partial charge on any atom is -0.474 e. The van der Waals surface area contributed by atoms with Crippen molar-refractivity contribution in [3.63, 3.8) is 0 Å². The van der Waals surface area contributed by atoms with Gasteiger partial charge in [0.25, 0.3) is 5.91 Å². The molecule has 2 fully saturated rings. The molecule has 232 valence electrons. The largest absolute Gasteiger partial charge is 0.474 e. The van der Waals surface area contributed by atoms with E-state index in [2.05, 4.69) is 15.3 Å². The van der Waals surface area contributed by atoms with Crippen LogP contribution in [0.5, 0.6) is 5.88 Å². The summed E-state index contributed by atoms with van der Waals surface area (Å²) < 4.78 is 16.6. The number of piperazine rings is 1. The number of benzene rings is 1. The predicted molar refractivity (Wildman–Crippen MR) is 157 cm³/mol. The monoisotopic (exact) mass is 595 g/mol. The zero-order valence-electron chi connectivity index (χ0n) is 25.3. The Morgan fingerprint density at radius 3 is 2.26 bits per heavy atom. The van der Waals surface area contributed by atoms with Gasteiger partial charge in [-0.2, -0.15) is 4.98 Å². The van der Waals surface area contributed by atoms with Crippen LogP contribution >= 0.6 is 0 Å². The van der Waals surface area contributed by atoms with Crippen LogP contribution in [0.15, 0.2) is 36.4 Å². The lowest BCUT2D eigenvalue weighted by Crippen LogP contribution is -2.56. The summed E-state index contributed by atoms with van der Waals surface area (Å²) in [7, 11) is 0. The second-order valence-electron chi connectivity index (χ2n) is 11.6. The smallest absolute Gasteiger partial charge is 0.409 e. The summed E-state index contributed by atoms with van der Waals surface area (Å²) in [5.74, 6) is -1.15. The Balaban J connectivity index is 1.56. The summed E-state index contributed by atoms with van der Waals surface area (Å²) in [6, 6.07) is 9.48. The normalized spacial score (nSPS) is 16.4. The summed E-state index contributed by atoms with van der Waals surface area (Å²) >= 11 is 0. The van der Waals surface area contributed by atoms with Gasteiger partial charge >= 0.3 is 12.1 Å². The Kier molecular flexibility index (Phi) is 10.5. The Morgan fingerprint density at radius 1 is 0.977 bits per heavy atom. The minimum absolute atomic E-state index is 0.00389. The number of hydrogen-bond donors (Lipinski definition) is 1. The van der Waals surface area contributed by atoms with Crippen LogP contribution in [-0.2, 0) is 19.1 Å². The summed E-state index contributed by atoms with van der Waals surface area (Å²) in [6.07, 6.45) is 3.13. The average molecular weight is 596 g/mol. The second-order valence-corrected chi connectivity index (χ2v) is 11.6. The number of carbonyl (C=O) groups is 4. The molecule has 1 aromatic carbocycles. The fraction of sp³-hybridized carbons (Fsp3) is 0.548. The van der Waals surface area contributed by atoms with Gasteiger partial charge in [0.15, 0.2) is 5.82 Å². The molecule has 1 aliphatic carbocycles. The van der Waals surface area contributed by atoms with Crippen molar-refractivity contribution in [1.82, 2.24) is 25.1 Å². The van der Waals surface area contributed by atoms with Crippen LogP contribution < -0.4 is 10.1 Å². The Labute approximate surface area is 252 Å². The molecule has 4 rings (SSSR count). The van der Waals surface area contributed by atoms with Crippen LogP contribution in [0.4, 0.5) is 4.79 Å². The van der Waals surface area contributed by atoms with Crippen molar-refractivity contribution in [2.75, 3.05) is 32.8 Å². The third-order valence-electron chi connectivity index (χ3n) is 7.07. The third kappa shape index (κ3) is 9.13. The first-order valence-corrected chi connectivity index (χ1v) is 14.9. The second kappa shape index (κ2) is 14.3. The maximum atomic E-state index is 13.7. The summed E-state index contributed by atoms with van der Waals surface area (Å²) in [6.45, 7) is 8.16. The number of rotatable bonds is 9. The highest BCUT2D eigenvalue weighted by Crippen LogP contribution is 2.25. The maximum Gasteiger partial charge on any atom is 0.409 e. The molecule has 2 heterocycles. The fourth-order valence-corrected chi connectivity index (χ4v) is 5.02. The molecule has 12 heteroatoms. The lowest BCUT2D eigenvalue weighted by molar-refractivity contribution is -0.157. The van der Waals surface area contributed by atoms with E-state index in [-0.39, 0.29) is 56.9 Å². The maximum absolute atomic E-state index is 13.7. The van der Waals surface area contributed by atoms with Gasteiger partial charge in [0.05, 0.1) is 13.0 Å². The highest BCUT2D eigenvalue weighted by atomic mass is 16.6. The van der Waals surface area contributed by atoms with Crippen LogP contribution in [0.25, 0.3) is 11.4 Å². The van der Waals surface area contributed by atoms with Crippen molar-refractivity contribution in [3.8, 4) is 17.3 Å². The van der Waals surface area contributed by atoms with Crippen molar-refractivity contribution < 1.29 is 33.4 Å². The molecule has 0 radical (unpaired) electrons. The minimum atomic E-state index is -1.22. The summed E-state index contributed by atoms with van der Waals surface area (Å²) in [4.78, 5) is 64.3. The first-order valence-electron chi connectivity index (χ1n) is 14.9. The van der Waals surface area contributed by atoms with E-state index < -0.39 is 35.5 Å². The van der Waals surface area contributed by atoms with E-state index in [4.69, 9.17) is 14.2 Å². The van der Waals surface area contributed by atoms with Gasteiger partial charge in [-0.1, -0.05) is 30.3 Å². The first-order chi connectivity index (χ1) is 20.5. The molecule has 43 heavy (non-hydrogen) atoms. The number of esters is 1. The number of carbonyl (C=O) groups excluding carboxylic acids is 4. The van der Waals surface area contributed by atoms with Crippen molar-refractivity contribution in [3.05, 3.63) is 42.1 Å². The van der Waals surface area contributed by atoms with E-state index in [1.165, 1.54) is 15.9 Å². The average Bonchev–Trinajstić information content (AvgIpc) is 3.49. The molecule has 3 amide bonds. The van der Waals surface area contributed by atoms with E-state index >= 15 is 0 Å². The van der Waals surface area contributed by atoms with E-state index in [0.29, 0.717) is 11.4 Å². The highest BCUT2D eigenvalue weighted by Gasteiger charge is 2.34. The number of nitrogens with one attached hydrogen (secondary N) is 1. The van der Waals surface area contributed by atoms with Gasteiger partial charge in [-0.05, 0) is 53.4 Å². The van der Waals surface area contributed by atoms with Gasteiger partial charge in [0, 0.05) is 37.8 Å². The number of aromatic nitrogens is 2. The Morgan fingerprint density at radius 2 is 1.63 bits per heavy atom. The molecule has 1 atom stereocenters. The molecule has 0 unspecified atom stereocenters. The number of nitrogens with zero attached hydrogens (tertiary/aromatic N) is 4. The zero-order valence-corrected chi connectivity index (χ0v) is 25.3. The van der Waals surface area contributed by atoms with Gasteiger partial charge in [-0.15, -0.1) is 0 Å².